The molecule has 0 amide bonds. The number of ketones is 1. The van der Waals surface area contributed by atoms with Crippen LogP contribution in [-0.4, -0.2) is 5.78 Å². The van der Waals surface area contributed by atoms with Crippen LogP contribution in [-0.2, 0) is 0 Å². The van der Waals surface area contributed by atoms with Crippen LogP contribution in [0.5, 0.6) is 0 Å². The highest BCUT2D eigenvalue weighted by Crippen LogP contribution is 2.28. The molecule has 0 saturated carbocycles. The van der Waals surface area contributed by atoms with Gasteiger partial charge in [0.1, 0.15) is 0 Å². The lowest BCUT2D eigenvalue weighted by atomic mass is 9.87. The van der Waals surface area contributed by atoms with E-state index in [4.69, 9.17) is 5.73 Å². The van der Waals surface area contributed by atoms with Crippen LogP contribution in [0.3, 0.4) is 0 Å². The maximum atomic E-state index is 11.5. The summed E-state index contributed by atoms with van der Waals surface area (Å²) in [6.07, 6.45) is 1.38. The minimum absolute atomic E-state index is 0.0439. The summed E-state index contributed by atoms with van der Waals surface area (Å²) < 4.78 is 1.14. The fraction of sp³-hybridized carbons (Fsp3) is 0.300. The molecule has 1 unspecified atom stereocenters. The van der Waals surface area contributed by atoms with Crippen LogP contribution in [0.15, 0.2) is 18.2 Å². The van der Waals surface area contributed by atoms with Gasteiger partial charge >= 0.3 is 0 Å². The first-order valence-electron chi connectivity index (χ1n) is 4.26. The molecule has 2 rings (SSSR count). The van der Waals surface area contributed by atoms with Gasteiger partial charge in [0.05, 0.1) is 0 Å². The van der Waals surface area contributed by atoms with Crippen molar-refractivity contribution in [1.29, 1.82) is 0 Å². The van der Waals surface area contributed by atoms with Gasteiger partial charge in [0.15, 0.2) is 5.78 Å². The Morgan fingerprint density at radius 1 is 1.46 bits per heavy atom. The number of benzene rings is 1. The van der Waals surface area contributed by atoms with Gasteiger partial charge in [-0.2, -0.15) is 0 Å². The summed E-state index contributed by atoms with van der Waals surface area (Å²) in [4.78, 5) is 11.5. The van der Waals surface area contributed by atoms with Gasteiger partial charge < -0.3 is 5.73 Å². The second-order valence-electron chi connectivity index (χ2n) is 3.30. The lowest BCUT2D eigenvalue weighted by Gasteiger charge is -2.21. The van der Waals surface area contributed by atoms with E-state index in [-0.39, 0.29) is 11.8 Å². The molecule has 3 heteroatoms. The van der Waals surface area contributed by atoms with Gasteiger partial charge in [0, 0.05) is 21.6 Å². The van der Waals surface area contributed by atoms with Gasteiger partial charge in [-0.25, -0.2) is 0 Å². The molecule has 1 aliphatic carbocycles. The predicted octanol–water partition coefficient (Wildman–Crippen LogP) is 2.27. The quantitative estimate of drug-likeness (QED) is 0.744. The van der Waals surface area contributed by atoms with E-state index in [1.807, 2.05) is 18.2 Å². The van der Waals surface area contributed by atoms with Crippen molar-refractivity contribution in [2.24, 2.45) is 5.73 Å². The van der Waals surface area contributed by atoms with E-state index in [0.717, 1.165) is 21.1 Å². The summed E-state index contributed by atoms with van der Waals surface area (Å²) in [7, 11) is 0. The lowest BCUT2D eigenvalue weighted by Crippen LogP contribution is -2.21. The second kappa shape index (κ2) is 3.38. The first-order valence-corrected chi connectivity index (χ1v) is 5.34. The van der Waals surface area contributed by atoms with Crippen molar-refractivity contribution in [3.05, 3.63) is 32.9 Å². The Hall–Kier alpha value is -0.420. The van der Waals surface area contributed by atoms with Crippen LogP contribution >= 0.6 is 22.6 Å². The number of nitrogens with two attached hydrogens (primary N) is 1. The normalized spacial score (nSPS) is 21.4. The van der Waals surface area contributed by atoms with Gasteiger partial charge in [0.2, 0.25) is 0 Å². The molecule has 0 heterocycles. The molecule has 0 fully saturated rings. The maximum Gasteiger partial charge on any atom is 0.163 e. The highest BCUT2D eigenvalue weighted by Gasteiger charge is 2.22. The van der Waals surface area contributed by atoms with Crippen LogP contribution in [0.4, 0.5) is 0 Å². The number of hydrogen-bond acceptors (Lipinski definition) is 2. The summed E-state index contributed by atoms with van der Waals surface area (Å²) in [6, 6.07) is 5.90. The van der Waals surface area contributed by atoms with Crippen LogP contribution < -0.4 is 5.73 Å². The molecule has 1 aliphatic rings. The molecular weight excluding hydrogens is 277 g/mol. The van der Waals surface area contributed by atoms with Gasteiger partial charge in [-0.3, -0.25) is 4.79 Å². The summed E-state index contributed by atoms with van der Waals surface area (Å²) in [5, 5.41) is 0. The van der Waals surface area contributed by atoms with Crippen molar-refractivity contribution >= 4 is 28.4 Å². The SMILES string of the molecule is NC1CCC(=O)c2ccc(I)cc21. The monoisotopic (exact) mass is 287 g/mol. The zero-order valence-corrected chi connectivity index (χ0v) is 9.24. The summed E-state index contributed by atoms with van der Waals surface area (Å²) in [5.74, 6) is 0.230. The van der Waals surface area contributed by atoms with Crippen molar-refractivity contribution < 1.29 is 4.79 Å². The Morgan fingerprint density at radius 3 is 3.00 bits per heavy atom. The summed E-state index contributed by atoms with van der Waals surface area (Å²) >= 11 is 2.24. The van der Waals surface area contributed by atoms with Crippen LogP contribution in [0, 0.1) is 3.57 Å². The van der Waals surface area contributed by atoms with Crippen molar-refractivity contribution in [3.63, 3.8) is 0 Å². The molecule has 0 saturated heterocycles. The molecule has 0 aliphatic heterocycles. The van der Waals surface area contributed by atoms with E-state index < -0.39 is 0 Å². The van der Waals surface area contributed by atoms with E-state index in [1.165, 1.54) is 0 Å². The van der Waals surface area contributed by atoms with Crippen LogP contribution in [0.2, 0.25) is 0 Å². The highest BCUT2D eigenvalue weighted by molar-refractivity contribution is 14.1. The molecule has 0 radical (unpaired) electrons. The number of Topliss-reactive ketones (excluding diaryl/α,β-unsaturated/α-hetero) is 1. The van der Waals surface area contributed by atoms with E-state index in [9.17, 15) is 4.79 Å². The number of fused-ring (bicyclic) bond motifs is 1. The average molecular weight is 287 g/mol. The zero-order valence-electron chi connectivity index (χ0n) is 7.09. The fourth-order valence-corrected chi connectivity index (χ4v) is 2.19. The standard InChI is InChI=1S/C10H10INO/c11-6-1-2-7-8(5-6)9(12)3-4-10(7)13/h1-2,5,9H,3-4,12H2. The number of rotatable bonds is 0. The molecule has 1 aromatic carbocycles. The Morgan fingerprint density at radius 2 is 2.23 bits per heavy atom. The molecule has 2 nitrogen and oxygen atoms in total. The molecule has 1 atom stereocenters. The molecule has 0 aromatic heterocycles. The smallest absolute Gasteiger partial charge is 0.163 e. The van der Waals surface area contributed by atoms with E-state index in [1.54, 1.807) is 0 Å². The summed E-state index contributed by atoms with van der Waals surface area (Å²) in [5.41, 5.74) is 7.76. The third kappa shape index (κ3) is 1.62. The van der Waals surface area contributed by atoms with Crippen molar-refractivity contribution in [3.8, 4) is 0 Å². The Balaban J connectivity index is 2.57. The first-order chi connectivity index (χ1) is 6.18. The molecule has 68 valence electrons. The van der Waals surface area contributed by atoms with Gasteiger partial charge in [0.25, 0.3) is 0 Å². The Labute approximate surface area is 90.6 Å². The number of hydrogen-bond donors (Lipinski definition) is 1. The van der Waals surface area contributed by atoms with Gasteiger partial charge in [-0.05, 0) is 46.7 Å². The predicted molar refractivity (Wildman–Crippen MR) is 59.7 cm³/mol. The third-order valence-corrected chi connectivity index (χ3v) is 3.07. The average Bonchev–Trinajstić information content (AvgIpc) is 2.12. The minimum atomic E-state index is 0.0439. The third-order valence-electron chi connectivity index (χ3n) is 2.40. The fourth-order valence-electron chi connectivity index (χ4n) is 1.67. The van der Waals surface area contributed by atoms with Crippen molar-refractivity contribution in [2.45, 2.75) is 18.9 Å². The van der Waals surface area contributed by atoms with Gasteiger partial charge in [-0.1, -0.05) is 6.07 Å². The first kappa shape index (κ1) is 9.15. The second-order valence-corrected chi connectivity index (χ2v) is 4.55. The highest BCUT2D eigenvalue weighted by atomic mass is 127. The van der Waals surface area contributed by atoms with E-state index in [0.29, 0.717) is 6.42 Å². The molecular formula is C10H10INO. The largest absolute Gasteiger partial charge is 0.324 e. The lowest BCUT2D eigenvalue weighted by molar-refractivity contribution is 0.0967. The van der Waals surface area contributed by atoms with Gasteiger partial charge in [-0.15, -0.1) is 0 Å². The number of carbonyl (C=O) groups is 1. The molecule has 0 bridgehead atoms. The molecule has 0 spiro atoms. The Bertz CT molecular complexity index is 362. The van der Waals surface area contributed by atoms with Crippen LogP contribution in [0.1, 0.15) is 34.8 Å². The zero-order chi connectivity index (χ0) is 9.42. The van der Waals surface area contributed by atoms with Crippen molar-refractivity contribution in [2.75, 3.05) is 0 Å². The Kier molecular flexibility index (Phi) is 2.38. The molecule has 2 N–H and O–H groups in total. The summed E-state index contributed by atoms with van der Waals surface area (Å²) in [6.45, 7) is 0. The topological polar surface area (TPSA) is 43.1 Å². The molecule has 1 aromatic rings. The van der Waals surface area contributed by atoms with Crippen LogP contribution in [0.25, 0.3) is 0 Å². The van der Waals surface area contributed by atoms with E-state index in [2.05, 4.69) is 22.6 Å². The minimum Gasteiger partial charge on any atom is -0.324 e. The maximum absolute atomic E-state index is 11.5. The number of carbonyl (C=O) groups excluding carboxylic acids is 1. The number of halogens is 1. The van der Waals surface area contributed by atoms with E-state index >= 15 is 0 Å². The van der Waals surface area contributed by atoms with Crippen molar-refractivity contribution in [1.82, 2.24) is 0 Å². The molecule has 13 heavy (non-hydrogen) atoms.